The molecule has 0 bridgehead atoms. The minimum Gasteiger partial charge on any atom is -0.476 e. The number of ether oxygens (including phenoxy) is 2. The largest absolute Gasteiger partial charge is 0.476 e. The van der Waals surface area contributed by atoms with E-state index >= 15 is 0 Å². The fourth-order valence-corrected chi connectivity index (χ4v) is 2.30. The Morgan fingerprint density at radius 1 is 1.30 bits per heavy atom. The van der Waals surface area contributed by atoms with Crippen LogP contribution >= 0.6 is 0 Å². The van der Waals surface area contributed by atoms with Crippen molar-refractivity contribution in [1.29, 1.82) is 0 Å². The molecule has 1 N–H and O–H groups in total. The topological polar surface area (TPSA) is 43.4 Å². The molecule has 0 radical (unpaired) electrons. The van der Waals surface area contributed by atoms with Crippen molar-refractivity contribution in [2.24, 2.45) is 11.8 Å². The zero-order chi connectivity index (χ0) is 14.5. The molecule has 0 spiro atoms. The molecule has 0 saturated carbocycles. The van der Waals surface area contributed by atoms with Gasteiger partial charge in [-0.2, -0.15) is 4.98 Å². The van der Waals surface area contributed by atoms with Crippen LogP contribution in [-0.4, -0.2) is 24.2 Å². The number of hydrogen-bond donors (Lipinski definition) is 1. The first-order valence-electron chi connectivity index (χ1n) is 7.56. The molecule has 4 heteroatoms. The van der Waals surface area contributed by atoms with Gasteiger partial charge in [0.05, 0.1) is 0 Å². The molecule has 1 aromatic rings. The predicted octanol–water partition coefficient (Wildman–Crippen LogP) is 3.01. The third-order valence-electron chi connectivity index (χ3n) is 3.47. The molecule has 20 heavy (non-hydrogen) atoms. The van der Waals surface area contributed by atoms with E-state index in [0.29, 0.717) is 30.2 Å². The first-order valence-corrected chi connectivity index (χ1v) is 7.56. The first kappa shape index (κ1) is 15.1. The van der Waals surface area contributed by atoms with Crippen molar-refractivity contribution >= 4 is 0 Å². The van der Waals surface area contributed by atoms with Gasteiger partial charge in [0, 0.05) is 24.7 Å². The van der Waals surface area contributed by atoms with Crippen molar-refractivity contribution in [3.63, 3.8) is 0 Å². The van der Waals surface area contributed by atoms with Gasteiger partial charge in [-0.15, -0.1) is 0 Å². The average Bonchev–Trinajstić information content (AvgIpc) is 2.62. The minimum atomic E-state index is 0.199. The second-order valence-electron chi connectivity index (χ2n) is 6.17. The number of pyridine rings is 1. The third kappa shape index (κ3) is 4.10. The van der Waals surface area contributed by atoms with Crippen LogP contribution < -0.4 is 14.8 Å². The molecule has 0 saturated heterocycles. The maximum atomic E-state index is 6.08. The first-order chi connectivity index (χ1) is 9.56. The summed E-state index contributed by atoms with van der Waals surface area (Å²) in [6.07, 6.45) is 1.24. The van der Waals surface area contributed by atoms with Crippen LogP contribution in [0.4, 0.5) is 0 Å². The minimum absolute atomic E-state index is 0.199. The van der Waals surface area contributed by atoms with Gasteiger partial charge in [0.25, 0.3) is 0 Å². The van der Waals surface area contributed by atoms with Crippen molar-refractivity contribution in [1.82, 2.24) is 10.3 Å². The third-order valence-corrected chi connectivity index (χ3v) is 3.47. The number of fused-ring (bicyclic) bond motifs is 1. The lowest BCUT2D eigenvalue weighted by atomic mass is 9.97. The van der Waals surface area contributed by atoms with E-state index in [1.165, 1.54) is 0 Å². The summed E-state index contributed by atoms with van der Waals surface area (Å²) in [5, 5.41) is 3.30. The Bertz CT molecular complexity index is 432. The standard InChI is InChI=1S/C16H26N2O2/c1-11(2)9-14(12(3)4)20-15-6-5-13-10-17-7-8-19-16(13)18-15/h5-6,11-12,14,17H,7-10H2,1-4H3. The zero-order valence-corrected chi connectivity index (χ0v) is 13.0. The molecular formula is C16H26N2O2. The van der Waals surface area contributed by atoms with Crippen molar-refractivity contribution in [2.75, 3.05) is 13.2 Å². The average molecular weight is 278 g/mol. The van der Waals surface area contributed by atoms with E-state index in [4.69, 9.17) is 9.47 Å². The highest BCUT2D eigenvalue weighted by atomic mass is 16.5. The summed E-state index contributed by atoms with van der Waals surface area (Å²) < 4.78 is 11.7. The van der Waals surface area contributed by atoms with Gasteiger partial charge in [-0.1, -0.05) is 27.7 Å². The van der Waals surface area contributed by atoms with E-state index < -0.39 is 0 Å². The Morgan fingerprint density at radius 3 is 2.80 bits per heavy atom. The Balaban J connectivity index is 2.10. The maximum absolute atomic E-state index is 6.08. The lowest BCUT2D eigenvalue weighted by Gasteiger charge is -2.24. The highest BCUT2D eigenvalue weighted by Crippen LogP contribution is 2.24. The Morgan fingerprint density at radius 2 is 2.10 bits per heavy atom. The van der Waals surface area contributed by atoms with Crippen LogP contribution in [0.2, 0.25) is 0 Å². The monoisotopic (exact) mass is 278 g/mol. The molecule has 1 aliphatic heterocycles. The predicted molar refractivity (Wildman–Crippen MR) is 80.1 cm³/mol. The second-order valence-corrected chi connectivity index (χ2v) is 6.17. The summed E-state index contributed by atoms with van der Waals surface area (Å²) in [5.74, 6) is 2.47. The molecule has 0 aromatic carbocycles. The molecule has 1 aliphatic rings. The van der Waals surface area contributed by atoms with E-state index in [2.05, 4.69) is 38.0 Å². The molecule has 112 valence electrons. The normalized spacial score (nSPS) is 16.5. The molecule has 0 fully saturated rings. The van der Waals surface area contributed by atoms with Gasteiger partial charge in [0.15, 0.2) is 0 Å². The highest BCUT2D eigenvalue weighted by Gasteiger charge is 2.19. The summed E-state index contributed by atoms with van der Waals surface area (Å²) in [5.41, 5.74) is 1.10. The maximum Gasteiger partial charge on any atom is 0.221 e. The van der Waals surface area contributed by atoms with Crippen LogP contribution in [-0.2, 0) is 6.54 Å². The van der Waals surface area contributed by atoms with Crippen molar-refractivity contribution in [2.45, 2.75) is 46.8 Å². The smallest absolute Gasteiger partial charge is 0.221 e. The van der Waals surface area contributed by atoms with Crippen LogP contribution in [0, 0.1) is 11.8 Å². The van der Waals surface area contributed by atoms with Crippen LogP contribution in [0.25, 0.3) is 0 Å². The van der Waals surface area contributed by atoms with Gasteiger partial charge >= 0.3 is 0 Å². The molecule has 4 nitrogen and oxygen atoms in total. The lowest BCUT2D eigenvalue weighted by Crippen LogP contribution is -2.25. The molecule has 1 unspecified atom stereocenters. The van der Waals surface area contributed by atoms with E-state index in [9.17, 15) is 0 Å². The summed E-state index contributed by atoms with van der Waals surface area (Å²) >= 11 is 0. The molecule has 2 rings (SSSR count). The quantitative estimate of drug-likeness (QED) is 0.899. The fourth-order valence-electron chi connectivity index (χ4n) is 2.30. The van der Waals surface area contributed by atoms with Crippen LogP contribution in [0.5, 0.6) is 11.8 Å². The second kappa shape index (κ2) is 6.93. The summed E-state index contributed by atoms with van der Waals surface area (Å²) in [6, 6.07) is 3.99. The van der Waals surface area contributed by atoms with Gasteiger partial charge < -0.3 is 14.8 Å². The molecular weight excluding hydrogens is 252 g/mol. The number of nitrogens with zero attached hydrogens (tertiary/aromatic N) is 1. The molecule has 1 atom stereocenters. The summed E-state index contributed by atoms with van der Waals surface area (Å²) in [4.78, 5) is 4.52. The number of hydrogen-bond acceptors (Lipinski definition) is 4. The number of aromatic nitrogens is 1. The van der Waals surface area contributed by atoms with Gasteiger partial charge in [0.2, 0.25) is 11.8 Å². The van der Waals surface area contributed by atoms with Gasteiger partial charge in [-0.3, -0.25) is 0 Å². The van der Waals surface area contributed by atoms with Crippen LogP contribution in [0.1, 0.15) is 39.7 Å². The van der Waals surface area contributed by atoms with Crippen LogP contribution in [0.15, 0.2) is 12.1 Å². The van der Waals surface area contributed by atoms with E-state index in [1.54, 1.807) is 0 Å². The molecule has 0 amide bonds. The zero-order valence-electron chi connectivity index (χ0n) is 13.0. The fraction of sp³-hybridized carbons (Fsp3) is 0.688. The van der Waals surface area contributed by atoms with E-state index in [0.717, 1.165) is 25.1 Å². The van der Waals surface area contributed by atoms with Crippen molar-refractivity contribution in [3.05, 3.63) is 17.7 Å². The lowest BCUT2D eigenvalue weighted by molar-refractivity contribution is 0.120. The Labute approximate surface area is 121 Å². The summed E-state index contributed by atoms with van der Waals surface area (Å²) in [6.45, 7) is 11.1. The number of rotatable bonds is 5. The van der Waals surface area contributed by atoms with Gasteiger partial charge in [0.1, 0.15) is 12.7 Å². The van der Waals surface area contributed by atoms with E-state index in [-0.39, 0.29) is 6.10 Å². The Kier molecular flexibility index (Phi) is 5.24. The van der Waals surface area contributed by atoms with Crippen molar-refractivity contribution in [3.8, 4) is 11.8 Å². The molecule has 0 aliphatic carbocycles. The van der Waals surface area contributed by atoms with Gasteiger partial charge in [-0.25, -0.2) is 0 Å². The van der Waals surface area contributed by atoms with Crippen molar-refractivity contribution < 1.29 is 9.47 Å². The molecule has 1 aromatic heterocycles. The van der Waals surface area contributed by atoms with Crippen LogP contribution in [0.3, 0.4) is 0 Å². The SMILES string of the molecule is CC(C)CC(Oc1ccc2c(n1)OCCNC2)C(C)C. The Hall–Kier alpha value is -1.29. The van der Waals surface area contributed by atoms with Gasteiger partial charge in [-0.05, 0) is 24.3 Å². The summed E-state index contributed by atoms with van der Waals surface area (Å²) in [7, 11) is 0. The number of nitrogens with one attached hydrogen (secondary N) is 1. The van der Waals surface area contributed by atoms with E-state index in [1.807, 2.05) is 12.1 Å². The molecule has 2 heterocycles. The highest BCUT2D eigenvalue weighted by molar-refractivity contribution is 5.31.